The van der Waals surface area contributed by atoms with E-state index in [1.54, 1.807) is 0 Å². The molecule has 1 heterocycles. The molecule has 5 nitrogen and oxygen atoms in total. The molecule has 3 atom stereocenters. The normalized spacial score (nSPS) is 17.9. The summed E-state index contributed by atoms with van der Waals surface area (Å²) in [5.41, 5.74) is 3.62. The van der Waals surface area contributed by atoms with Crippen molar-refractivity contribution in [2.75, 3.05) is 13.2 Å². The number of rotatable bonds is 8. The average Bonchev–Trinajstić information content (AvgIpc) is 2.90. The van der Waals surface area contributed by atoms with Gasteiger partial charge in [-0.15, -0.1) is 0 Å². The van der Waals surface area contributed by atoms with Crippen molar-refractivity contribution < 1.29 is 19.4 Å². The highest BCUT2D eigenvalue weighted by atomic mass is 16.5. The van der Waals surface area contributed by atoms with Gasteiger partial charge in [-0.2, -0.15) is 0 Å². The Hall–Kier alpha value is -3.83. The van der Waals surface area contributed by atoms with Crippen LogP contribution in [0.3, 0.4) is 0 Å². The molecule has 2 N–H and O–H groups in total. The first kappa shape index (κ1) is 22.9. The molecule has 0 aromatic heterocycles. The van der Waals surface area contributed by atoms with Gasteiger partial charge in [0.25, 0.3) is 0 Å². The zero-order chi connectivity index (χ0) is 24.2. The highest BCUT2D eigenvalue weighted by Crippen LogP contribution is 2.40. The minimum atomic E-state index is -0.986. The number of hydrogen-bond acceptors (Lipinski definition) is 4. The van der Waals surface area contributed by atoms with E-state index < -0.39 is 5.97 Å². The molecular weight excluding hydrogens is 438 g/mol. The maximum absolute atomic E-state index is 10.8. The van der Waals surface area contributed by atoms with Crippen LogP contribution in [0.4, 0.5) is 0 Å². The van der Waals surface area contributed by atoms with Gasteiger partial charge in [0.2, 0.25) is 0 Å². The molecule has 1 aliphatic rings. The molecule has 4 aromatic rings. The van der Waals surface area contributed by atoms with Crippen LogP contribution in [0, 0.1) is 0 Å². The molecule has 0 spiro atoms. The summed E-state index contributed by atoms with van der Waals surface area (Å²) in [6.07, 6.45) is 0.872. The monoisotopic (exact) mass is 467 g/mol. The Morgan fingerprint density at radius 2 is 1.74 bits per heavy atom. The highest BCUT2D eigenvalue weighted by molar-refractivity contribution is 5.86. The summed E-state index contributed by atoms with van der Waals surface area (Å²) in [4.78, 5) is 10.8. The van der Waals surface area contributed by atoms with E-state index in [9.17, 15) is 4.79 Å². The van der Waals surface area contributed by atoms with Crippen molar-refractivity contribution in [3.8, 4) is 11.5 Å². The number of carbonyl (C=O) groups is 1. The van der Waals surface area contributed by atoms with Crippen LogP contribution in [-0.2, 0) is 4.79 Å². The molecule has 4 aromatic carbocycles. The maximum Gasteiger partial charge on any atom is 0.341 e. The number of benzene rings is 4. The van der Waals surface area contributed by atoms with Gasteiger partial charge in [-0.3, -0.25) is 0 Å². The fourth-order valence-corrected chi connectivity index (χ4v) is 4.92. The van der Waals surface area contributed by atoms with Crippen LogP contribution < -0.4 is 14.8 Å². The summed E-state index contributed by atoms with van der Waals surface area (Å²) in [5.74, 6) is 0.673. The number of nitrogens with one attached hydrogen (secondary N) is 1. The van der Waals surface area contributed by atoms with E-state index in [2.05, 4.69) is 60.8 Å². The third kappa shape index (κ3) is 5.15. The quantitative estimate of drug-likeness (QED) is 0.336. The topological polar surface area (TPSA) is 67.8 Å². The second kappa shape index (κ2) is 10.2. The zero-order valence-corrected chi connectivity index (χ0v) is 19.7. The molecule has 0 aliphatic carbocycles. The third-order valence-electron chi connectivity index (χ3n) is 6.67. The van der Waals surface area contributed by atoms with Crippen molar-refractivity contribution in [2.24, 2.45) is 0 Å². The lowest BCUT2D eigenvalue weighted by Gasteiger charge is -2.33. The van der Waals surface area contributed by atoms with Crippen molar-refractivity contribution in [1.29, 1.82) is 0 Å². The van der Waals surface area contributed by atoms with E-state index in [1.165, 1.54) is 21.9 Å². The van der Waals surface area contributed by atoms with E-state index in [0.717, 1.165) is 24.3 Å². The van der Waals surface area contributed by atoms with Gasteiger partial charge < -0.3 is 19.9 Å². The van der Waals surface area contributed by atoms with Crippen LogP contribution in [0.2, 0.25) is 0 Å². The molecule has 0 bridgehead atoms. The van der Waals surface area contributed by atoms with Crippen molar-refractivity contribution in [2.45, 2.75) is 31.4 Å². The first-order chi connectivity index (χ1) is 17.1. The Morgan fingerprint density at radius 1 is 1.00 bits per heavy atom. The van der Waals surface area contributed by atoms with Crippen LogP contribution in [0.5, 0.6) is 11.5 Å². The maximum atomic E-state index is 10.8. The molecule has 35 heavy (non-hydrogen) atoms. The number of carboxylic acids is 1. The van der Waals surface area contributed by atoms with Gasteiger partial charge in [0, 0.05) is 24.1 Å². The molecule has 1 aliphatic heterocycles. The third-order valence-corrected chi connectivity index (χ3v) is 6.67. The molecule has 1 unspecified atom stereocenters. The molecule has 0 saturated heterocycles. The molecule has 0 saturated carbocycles. The Labute approximate surface area is 205 Å². The van der Waals surface area contributed by atoms with Gasteiger partial charge in [0.1, 0.15) is 17.6 Å². The minimum Gasteiger partial charge on any atom is -0.489 e. The highest BCUT2D eigenvalue weighted by Gasteiger charge is 2.29. The summed E-state index contributed by atoms with van der Waals surface area (Å²) in [7, 11) is 0. The van der Waals surface area contributed by atoms with E-state index in [0.29, 0.717) is 5.75 Å². The SMILES string of the molecule is CC(NC[C@H]1C[C@H](c2ccc(OCC(=O)O)cc2)c2ccccc2O1)c1cccc2ccccc12. The lowest BCUT2D eigenvalue weighted by Crippen LogP contribution is -2.37. The number of hydrogen-bond donors (Lipinski definition) is 2. The number of aliphatic carboxylic acids is 1. The van der Waals surface area contributed by atoms with Gasteiger partial charge >= 0.3 is 5.97 Å². The van der Waals surface area contributed by atoms with Gasteiger partial charge in [-0.25, -0.2) is 4.79 Å². The lowest BCUT2D eigenvalue weighted by atomic mass is 9.84. The molecule has 5 heteroatoms. The first-order valence-corrected chi connectivity index (χ1v) is 12.0. The largest absolute Gasteiger partial charge is 0.489 e. The molecular formula is C30H29NO4. The van der Waals surface area contributed by atoms with E-state index in [-0.39, 0.29) is 24.7 Å². The number of carboxylic acid groups (broad SMARTS) is 1. The smallest absolute Gasteiger partial charge is 0.341 e. The van der Waals surface area contributed by atoms with Crippen LogP contribution >= 0.6 is 0 Å². The lowest BCUT2D eigenvalue weighted by molar-refractivity contribution is -0.139. The zero-order valence-electron chi connectivity index (χ0n) is 19.7. The fourth-order valence-electron chi connectivity index (χ4n) is 4.92. The van der Waals surface area contributed by atoms with Crippen LogP contribution in [-0.4, -0.2) is 30.3 Å². The van der Waals surface area contributed by atoms with Gasteiger partial charge in [0.15, 0.2) is 6.61 Å². The second-order valence-corrected chi connectivity index (χ2v) is 9.02. The Balaban J connectivity index is 1.32. The van der Waals surface area contributed by atoms with Crippen LogP contribution in [0.15, 0.2) is 91.0 Å². The van der Waals surface area contributed by atoms with Crippen LogP contribution in [0.25, 0.3) is 10.8 Å². The number of fused-ring (bicyclic) bond motifs is 2. The van der Waals surface area contributed by atoms with Crippen molar-refractivity contribution in [3.05, 3.63) is 108 Å². The van der Waals surface area contributed by atoms with E-state index in [1.807, 2.05) is 42.5 Å². The number of para-hydroxylation sites is 1. The Morgan fingerprint density at radius 3 is 2.57 bits per heavy atom. The molecule has 178 valence electrons. The molecule has 5 rings (SSSR count). The Kier molecular flexibility index (Phi) is 6.68. The predicted molar refractivity (Wildman–Crippen MR) is 137 cm³/mol. The molecule has 0 radical (unpaired) electrons. The summed E-state index contributed by atoms with van der Waals surface area (Å²) in [6.45, 7) is 2.59. The molecule has 0 amide bonds. The summed E-state index contributed by atoms with van der Waals surface area (Å²) in [6, 6.07) is 31.0. The van der Waals surface area contributed by atoms with E-state index >= 15 is 0 Å². The van der Waals surface area contributed by atoms with Gasteiger partial charge in [-0.1, -0.05) is 72.8 Å². The summed E-state index contributed by atoms with van der Waals surface area (Å²) in [5, 5.41) is 15.1. The van der Waals surface area contributed by atoms with Gasteiger partial charge in [-0.05, 0) is 53.4 Å². The standard InChI is InChI=1S/C30H29NO4/c1-20(25-11-6-8-21-7-2-3-9-26(21)25)31-18-24-17-28(27-10-4-5-12-29(27)35-24)22-13-15-23(16-14-22)34-19-30(32)33/h2-16,20,24,28,31H,17-19H2,1H3,(H,32,33)/t20?,24-,28-/m1/s1. The number of ether oxygens (including phenoxy) is 2. The van der Waals surface area contributed by atoms with Crippen molar-refractivity contribution in [3.63, 3.8) is 0 Å². The molecule has 0 fully saturated rings. The summed E-state index contributed by atoms with van der Waals surface area (Å²) < 4.78 is 11.7. The van der Waals surface area contributed by atoms with Crippen LogP contribution in [0.1, 0.15) is 42.0 Å². The second-order valence-electron chi connectivity index (χ2n) is 9.02. The first-order valence-electron chi connectivity index (χ1n) is 12.0. The predicted octanol–water partition coefficient (Wildman–Crippen LogP) is 5.94. The fraction of sp³-hybridized carbons (Fsp3) is 0.233. The van der Waals surface area contributed by atoms with Crippen molar-refractivity contribution in [1.82, 2.24) is 5.32 Å². The summed E-state index contributed by atoms with van der Waals surface area (Å²) >= 11 is 0. The van der Waals surface area contributed by atoms with Gasteiger partial charge in [0.05, 0.1) is 0 Å². The van der Waals surface area contributed by atoms with E-state index in [4.69, 9.17) is 14.6 Å². The minimum absolute atomic E-state index is 0.0234. The Bertz CT molecular complexity index is 1310. The average molecular weight is 468 g/mol. The van der Waals surface area contributed by atoms with Crippen molar-refractivity contribution >= 4 is 16.7 Å².